The Morgan fingerprint density at radius 1 is 1.19 bits per heavy atom. The van der Waals surface area contributed by atoms with Crippen molar-refractivity contribution in [2.24, 2.45) is 0 Å². The lowest BCUT2D eigenvalue weighted by Gasteiger charge is -2.46. The fraction of sp³-hybridized carbons (Fsp3) is 0.600. The van der Waals surface area contributed by atoms with Crippen molar-refractivity contribution in [3.63, 3.8) is 0 Å². The highest BCUT2D eigenvalue weighted by atomic mass is 32.2. The van der Waals surface area contributed by atoms with E-state index in [0.717, 1.165) is 17.7 Å². The number of halogens is 2. The number of benzene rings is 1. The molecule has 3 aliphatic rings. The Kier molecular flexibility index (Phi) is 6.56. The van der Waals surface area contributed by atoms with Gasteiger partial charge in [-0.05, 0) is 65.3 Å². The average Bonchev–Trinajstić information content (AvgIpc) is 3.45. The standard InChI is InChI=1S/C25H33F2N5O4S/c1-25(2,3)36-24(33)29-21-10-17(13-30(4)23(21)19-9-16(26)5-8-20(19)27)31-12-15-11-28-32(22(15)14-31)37(34,35)18-6-7-18/h5,8-9,11,17-18,21,23H,6-7,10,12-14H2,1-4H3,(H,29,33)/t17?,21?,23-/m1/s1. The zero-order valence-corrected chi connectivity index (χ0v) is 22.3. The quantitative estimate of drug-likeness (QED) is 0.626. The number of hydrogen-bond acceptors (Lipinski definition) is 7. The van der Waals surface area contributed by atoms with Gasteiger partial charge in [0, 0.05) is 36.8 Å². The molecule has 202 valence electrons. The number of hydrogen-bond donors (Lipinski definition) is 1. The number of carbonyl (C=O) groups excluding carboxylic acids is 1. The van der Waals surface area contributed by atoms with Gasteiger partial charge >= 0.3 is 6.09 Å². The minimum Gasteiger partial charge on any atom is -0.444 e. The third-order valence-electron chi connectivity index (χ3n) is 7.21. The van der Waals surface area contributed by atoms with Gasteiger partial charge in [-0.15, -0.1) is 0 Å². The van der Waals surface area contributed by atoms with Crippen LogP contribution in [0.4, 0.5) is 13.6 Å². The maximum Gasteiger partial charge on any atom is 0.407 e. The first kappa shape index (κ1) is 26.1. The lowest BCUT2D eigenvalue weighted by atomic mass is 9.87. The van der Waals surface area contributed by atoms with Gasteiger partial charge in [-0.1, -0.05) is 0 Å². The van der Waals surface area contributed by atoms with E-state index in [1.165, 1.54) is 10.2 Å². The zero-order valence-electron chi connectivity index (χ0n) is 21.4. The Hall–Kier alpha value is -2.57. The number of likely N-dealkylation sites (tertiary alicyclic amines) is 1. The Morgan fingerprint density at radius 2 is 1.92 bits per heavy atom. The first-order valence-electron chi connectivity index (χ1n) is 12.5. The van der Waals surface area contributed by atoms with Crippen molar-refractivity contribution in [2.45, 2.75) is 82.1 Å². The molecule has 1 aromatic heterocycles. The Morgan fingerprint density at radius 3 is 2.59 bits per heavy atom. The van der Waals surface area contributed by atoms with Crippen LogP contribution in [0.15, 0.2) is 24.4 Å². The number of fused-ring (bicyclic) bond motifs is 1. The van der Waals surface area contributed by atoms with Crippen LogP contribution in [0.3, 0.4) is 0 Å². The molecule has 2 aromatic rings. The van der Waals surface area contributed by atoms with E-state index >= 15 is 0 Å². The van der Waals surface area contributed by atoms with Crippen LogP contribution in [0, 0.1) is 11.6 Å². The van der Waals surface area contributed by atoms with Crippen molar-refractivity contribution in [3.05, 3.63) is 52.9 Å². The van der Waals surface area contributed by atoms with Crippen LogP contribution >= 0.6 is 0 Å². The minimum absolute atomic E-state index is 0.0812. The highest BCUT2D eigenvalue weighted by Gasteiger charge is 2.44. The molecule has 2 aliphatic heterocycles. The summed E-state index contributed by atoms with van der Waals surface area (Å²) in [6.45, 7) is 6.70. The van der Waals surface area contributed by atoms with E-state index in [2.05, 4.69) is 15.3 Å². The number of amides is 1. The molecule has 9 nitrogen and oxygen atoms in total. The molecule has 1 saturated heterocycles. The van der Waals surface area contributed by atoms with Crippen LogP contribution in [0.2, 0.25) is 0 Å². The first-order chi connectivity index (χ1) is 17.3. The van der Waals surface area contributed by atoms with Gasteiger partial charge in [-0.2, -0.15) is 9.19 Å². The SMILES string of the molecule is CN1CC(N2Cc3cnn(S(=O)(=O)C4CC4)c3C2)CC(NC(=O)OC(C)(C)C)[C@H]1c1cc(F)ccc1F. The van der Waals surface area contributed by atoms with Crippen LogP contribution in [0.25, 0.3) is 0 Å². The molecule has 3 heterocycles. The summed E-state index contributed by atoms with van der Waals surface area (Å²) in [5, 5.41) is 6.70. The Balaban J connectivity index is 1.39. The molecule has 1 N–H and O–H groups in total. The van der Waals surface area contributed by atoms with Gasteiger partial charge in [-0.3, -0.25) is 9.80 Å². The van der Waals surface area contributed by atoms with E-state index in [-0.39, 0.29) is 16.9 Å². The second-order valence-electron chi connectivity index (χ2n) is 11.3. The summed E-state index contributed by atoms with van der Waals surface area (Å²) in [4.78, 5) is 16.8. The van der Waals surface area contributed by atoms with Gasteiger partial charge < -0.3 is 10.1 Å². The van der Waals surface area contributed by atoms with Crippen LogP contribution in [0.5, 0.6) is 0 Å². The minimum atomic E-state index is -3.49. The van der Waals surface area contributed by atoms with Gasteiger partial charge in [0.2, 0.25) is 0 Å². The third-order valence-corrected chi connectivity index (χ3v) is 9.32. The first-order valence-corrected chi connectivity index (χ1v) is 14.0. The van der Waals surface area contributed by atoms with Crippen molar-refractivity contribution in [1.29, 1.82) is 0 Å². The van der Waals surface area contributed by atoms with Gasteiger partial charge in [0.05, 0.1) is 29.2 Å². The smallest absolute Gasteiger partial charge is 0.407 e. The molecule has 12 heteroatoms. The van der Waals surface area contributed by atoms with E-state index < -0.39 is 45.4 Å². The summed E-state index contributed by atoms with van der Waals surface area (Å²) in [6, 6.07) is 2.06. The largest absolute Gasteiger partial charge is 0.444 e. The van der Waals surface area contributed by atoms with E-state index in [1.807, 2.05) is 11.9 Å². The van der Waals surface area contributed by atoms with Crippen LogP contribution in [-0.2, 0) is 27.8 Å². The fourth-order valence-corrected chi connectivity index (χ4v) is 7.12. The summed E-state index contributed by atoms with van der Waals surface area (Å²) in [5.41, 5.74) is 0.975. The van der Waals surface area contributed by atoms with Gasteiger partial charge in [0.15, 0.2) is 0 Å². The number of alkyl carbamates (subject to hydrolysis) is 1. The number of carbonyl (C=O) groups is 1. The van der Waals surface area contributed by atoms with Gasteiger partial charge in [-0.25, -0.2) is 22.0 Å². The molecule has 5 rings (SSSR count). The van der Waals surface area contributed by atoms with E-state index in [9.17, 15) is 22.0 Å². The summed E-state index contributed by atoms with van der Waals surface area (Å²) < 4.78 is 61.3. The number of aromatic nitrogens is 2. The second kappa shape index (κ2) is 9.32. The normalized spacial score (nSPS) is 25.2. The topological polar surface area (TPSA) is 96.8 Å². The predicted molar refractivity (Wildman–Crippen MR) is 132 cm³/mol. The summed E-state index contributed by atoms with van der Waals surface area (Å²) in [7, 11) is -1.68. The molecular weight excluding hydrogens is 504 g/mol. The number of nitrogens with zero attached hydrogens (tertiary/aromatic N) is 4. The van der Waals surface area contributed by atoms with Crippen molar-refractivity contribution in [1.82, 2.24) is 24.3 Å². The molecule has 2 unspecified atom stereocenters. The van der Waals surface area contributed by atoms with Crippen molar-refractivity contribution in [3.8, 4) is 0 Å². The summed E-state index contributed by atoms with van der Waals surface area (Å²) in [5.74, 6) is -1.11. The summed E-state index contributed by atoms with van der Waals surface area (Å²) >= 11 is 0. The molecule has 1 aromatic carbocycles. The summed E-state index contributed by atoms with van der Waals surface area (Å²) in [6.07, 6.45) is 2.73. The van der Waals surface area contributed by atoms with Crippen molar-refractivity contribution < 1.29 is 26.7 Å². The molecule has 1 saturated carbocycles. The van der Waals surface area contributed by atoms with Gasteiger partial charge in [0.25, 0.3) is 10.0 Å². The molecule has 0 spiro atoms. The van der Waals surface area contributed by atoms with E-state index in [4.69, 9.17) is 4.74 Å². The third kappa shape index (κ3) is 5.23. The lowest BCUT2D eigenvalue weighted by molar-refractivity contribution is 0.0257. The fourth-order valence-electron chi connectivity index (χ4n) is 5.44. The number of ether oxygens (including phenoxy) is 1. The predicted octanol–water partition coefficient (Wildman–Crippen LogP) is 3.16. The van der Waals surface area contributed by atoms with Crippen LogP contribution < -0.4 is 5.32 Å². The van der Waals surface area contributed by atoms with Crippen molar-refractivity contribution >= 4 is 16.1 Å². The number of piperidine rings is 1. The zero-order chi connectivity index (χ0) is 26.7. The molecular formula is C25H33F2N5O4S. The Bertz CT molecular complexity index is 1300. The lowest BCUT2D eigenvalue weighted by Crippen LogP contribution is -2.57. The van der Waals surface area contributed by atoms with E-state index in [0.29, 0.717) is 44.6 Å². The second-order valence-corrected chi connectivity index (χ2v) is 13.3. The number of rotatable bonds is 5. The molecule has 1 aliphatic carbocycles. The molecule has 37 heavy (non-hydrogen) atoms. The average molecular weight is 538 g/mol. The maximum absolute atomic E-state index is 14.9. The molecule has 0 bridgehead atoms. The van der Waals surface area contributed by atoms with Crippen LogP contribution in [-0.4, -0.2) is 70.0 Å². The molecule has 3 atom stereocenters. The molecule has 1 amide bonds. The van der Waals surface area contributed by atoms with E-state index in [1.54, 1.807) is 27.0 Å². The number of nitrogens with one attached hydrogen (secondary N) is 1. The maximum atomic E-state index is 14.9. The highest BCUT2D eigenvalue weighted by molar-refractivity contribution is 7.90. The van der Waals surface area contributed by atoms with Crippen LogP contribution in [0.1, 0.15) is 62.9 Å². The van der Waals surface area contributed by atoms with Gasteiger partial charge in [0.1, 0.15) is 17.2 Å². The monoisotopic (exact) mass is 537 g/mol. The van der Waals surface area contributed by atoms with Crippen molar-refractivity contribution in [2.75, 3.05) is 13.6 Å². The Labute approximate surface area is 215 Å². The number of likely N-dealkylation sites (N-methyl/N-ethyl adjacent to an activating group) is 1. The molecule has 0 radical (unpaired) electrons. The molecule has 2 fully saturated rings. The highest BCUT2D eigenvalue weighted by Crippen LogP contribution is 2.38.